The monoisotopic (exact) mass is 970 g/mol. The van der Waals surface area contributed by atoms with Gasteiger partial charge in [-0.25, -0.2) is 16.8 Å². The average Bonchev–Trinajstić information content (AvgIpc) is 3.15. The fourth-order valence-corrected chi connectivity index (χ4v) is 12.5. The highest BCUT2D eigenvalue weighted by atomic mass is 35.7. The zero-order valence-electron chi connectivity index (χ0n) is 37.2. The van der Waals surface area contributed by atoms with Crippen LogP contribution in [0.25, 0.3) is 0 Å². The summed E-state index contributed by atoms with van der Waals surface area (Å²) in [4.78, 5) is 0.119. The number of benzene rings is 4. The van der Waals surface area contributed by atoms with E-state index in [0.29, 0.717) is 35.8 Å². The molecule has 2 unspecified atom stereocenters. The number of rotatable bonds is 9. The molecule has 4 aromatic rings. The number of sulfonamides is 1. The zero-order valence-corrected chi connectivity index (χ0v) is 43.1. The van der Waals surface area contributed by atoms with E-state index in [1.807, 2.05) is 30.3 Å². The number of nitrogens with one attached hydrogen (secondary N) is 1. The van der Waals surface area contributed by atoms with Gasteiger partial charge in [0.05, 0.1) is 40.7 Å². The molecule has 10 nitrogen and oxygen atoms in total. The summed E-state index contributed by atoms with van der Waals surface area (Å²) in [6.07, 6.45) is 0. The van der Waals surface area contributed by atoms with Gasteiger partial charge in [-0.15, -0.1) is 0 Å². The van der Waals surface area contributed by atoms with Gasteiger partial charge in [0.15, 0.2) is 16.6 Å². The first-order valence-corrected chi connectivity index (χ1v) is 30.4. The van der Waals surface area contributed by atoms with Gasteiger partial charge in [-0.1, -0.05) is 113 Å². The van der Waals surface area contributed by atoms with Crippen LogP contribution in [0.3, 0.4) is 0 Å². The minimum atomic E-state index is -3.93. The summed E-state index contributed by atoms with van der Waals surface area (Å²) in [6.45, 7) is 27.4. The maximum absolute atomic E-state index is 13.9. The Morgan fingerprint density at radius 2 is 1.15 bits per heavy atom. The highest BCUT2D eigenvalue weighted by Gasteiger charge is 2.43. The number of halogens is 3. The summed E-state index contributed by atoms with van der Waals surface area (Å²) in [5.74, 6) is 1.47. The Morgan fingerprint density at radius 3 is 1.66 bits per heavy atom. The lowest BCUT2D eigenvalue weighted by atomic mass is 10.2. The smallest absolute Gasteiger partial charge is 0.266 e. The summed E-state index contributed by atoms with van der Waals surface area (Å²) in [7, 11) is -6.25. The predicted molar refractivity (Wildman–Crippen MR) is 256 cm³/mol. The van der Waals surface area contributed by atoms with Crippen LogP contribution in [0.1, 0.15) is 52.7 Å². The predicted octanol–water partition coefficient (Wildman–Crippen LogP) is 12.1. The number of ether oxygens (including phenoxy) is 2. The Kier molecular flexibility index (Phi) is 16.6. The Bertz CT molecular complexity index is 2330. The van der Waals surface area contributed by atoms with E-state index in [-0.39, 0.29) is 49.2 Å². The maximum Gasteiger partial charge on any atom is 0.266 e. The van der Waals surface area contributed by atoms with Crippen molar-refractivity contribution >= 4 is 81.0 Å². The van der Waals surface area contributed by atoms with E-state index < -0.39 is 41.8 Å². The minimum absolute atomic E-state index is 0.00617. The van der Waals surface area contributed by atoms with Crippen LogP contribution in [0.5, 0.6) is 11.5 Å². The summed E-state index contributed by atoms with van der Waals surface area (Å²) < 4.78 is 75.4. The normalized spacial score (nSPS) is 16.9. The maximum atomic E-state index is 13.9. The SMILES string of the molecule is CC(C)(C)[Si](C)(C)OCC1COc2ccccc2N1.Cc1cccc(Cl)c1S(=O)(=O)Cl.Cc1cccc(Cl)c1S(=O)(=O)N1c2ccccc2OCC1CO[Si](C)(C)C(C)(C)C. The van der Waals surface area contributed by atoms with Crippen molar-refractivity contribution in [3.05, 3.63) is 106 Å². The minimum Gasteiger partial charge on any atom is -0.489 e. The van der Waals surface area contributed by atoms with Crippen LogP contribution in [-0.2, 0) is 27.9 Å². The van der Waals surface area contributed by atoms with Gasteiger partial charge in [-0.3, -0.25) is 4.31 Å². The molecule has 0 saturated heterocycles. The molecule has 1 N–H and O–H groups in total. The van der Waals surface area contributed by atoms with Crippen LogP contribution in [0.2, 0.25) is 46.3 Å². The van der Waals surface area contributed by atoms with Gasteiger partial charge < -0.3 is 23.6 Å². The van der Waals surface area contributed by atoms with Crippen molar-refractivity contribution in [2.24, 2.45) is 0 Å². The summed E-state index contributed by atoms with van der Waals surface area (Å²) in [5, 5.41) is 4.13. The third-order valence-corrected chi connectivity index (χ3v) is 25.0. The van der Waals surface area contributed by atoms with Gasteiger partial charge in [-0.2, -0.15) is 0 Å². The van der Waals surface area contributed by atoms with E-state index in [0.717, 1.165) is 11.4 Å². The Hall–Kier alpha value is -2.80. The molecule has 0 radical (unpaired) electrons. The molecule has 61 heavy (non-hydrogen) atoms. The standard InChI is InChI=1S/C22H30ClNO4SSi.C15H25NO2Si.C7H6Cl2O2S/c1-16-10-9-11-18(23)21(16)29(25,26)24-17(15-28-30(5,6)22(2,3)4)14-27-20-13-8-7-12-19(20)24;1-15(2,3)19(4,5)18-11-12-10-17-14-9-7-6-8-13(14)16-12;1-5-3-2-4-6(8)7(5)12(9,10)11/h7-13,17H,14-15H2,1-6H3;6-9,12,16H,10-11H2,1-5H3;2-4H,1H3. The number of nitrogens with zero attached hydrogens (tertiary/aromatic N) is 1. The van der Waals surface area contributed by atoms with Gasteiger partial charge in [0.2, 0.25) is 0 Å². The van der Waals surface area contributed by atoms with Crippen LogP contribution in [-0.4, -0.2) is 72.0 Å². The highest BCUT2D eigenvalue weighted by molar-refractivity contribution is 8.13. The van der Waals surface area contributed by atoms with Gasteiger partial charge in [0.1, 0.15) is 40.5 Å². The molecule has 336 valence electrons. The number of hydrogen-bond acceptors (Lipinski definition) is 9. The lowest BCUT2D eigenvalue weighted by Gasteiger charge is -2.41. The quantitative estimate of drug-likeness (QED) is 0.129. The first-order valence-electron chi connectivity index (χ1n) is 20.1. The molecule has 17 heteroatoms. The molecule has 4 aromatic carbocycles. The Labute approximate surface area is 380 Å². The average molecular weight is 973 g/mol. The van der Waals surface area contributed by atoms with Crippen LogP contribution in [0.4, 0.5) is 11.4 Å². The van der Waals surface area contributed by atoms with E-state index in [4.69, 9.17) is 52.2 Å². The van der Waals surface area contributed by atoms with Crippen LogP contribution in [0.15, 0.2) is 94.7 Å². The topological polar surface area (TPSA) is 120 Å². The number of hydrogen-bond donors (Lipinski definition) is 1. The first-order chi connectivity index (χ1) is 28.1. The number of para-hydroxylation sites is 4. The van der Waals surface area contributed by atoms with Crippen molar-refractivity contribution in [2.45, 2.75) is 114 Å². The highest BCUT2D eigenvalue weighted by Crippen LogP contribution is 2.42. The molecule has 0 spiro atoms. The molecule has 2 heterocycles. The molecule has 0 bridgehead atoms. The van der Waals surface area contributed by atoms with Crippen LogP contribution < -0.4 is 19.1 Å². The summed E-state index contributed by atoms with van der Waals surface area (Å²) in [5.41, 5.74) is 2.73. The number of aryl methyl sites for hydroxylation is 2. The van der Waals surface area contributed by atoms with Gasteiger partial charge in [0, 0.05) is 10.7 Å². The van der Waals surface area contributed by atoms with Crippen LogP contribution in [0, 0.1) is 13.8 Å². The second-order valence-corrected chi connectivity index (χ2v) is 32.9. The molecule has 0 aromatic heterocycles. The second-order valence-electron chi connectivity index (χ2n) is 18.2. The van der Waals surface area contributed by atoms with Crippen molar-refractivity contribution in [2.75, 3.05) is 36.0 Å². The molecule has 2 aliphatic rings. The van der Waals surface area contributed by atoms with E-state index in [1.165, 1.54) is 10.4 Å². The fourth-order valence-electron chi connectivity index (χ4n) is 5.92. The molecule has 2 atom stereocenters. The van der Waals surface area contributed by atoms with Gasteiger partial charge in [0.25, 0.3) is 19.1 Å². The largest absolute Gasteiger partial charge is 0.489 e. The number of fused-ring (bicyclic) bond motifs is 2. The Morgan fingerprint density at radius 1 is 0.672 bits per heavy atom. The fraction of sp³-hybridized carbons (Fsp3) is 0.455. The van der Waals surface area contributed by atoms with Crippen molar-refractivity contribution in [1.29, 1.82) is 0 Å². The lowest BCUT2D eigenvalue weighted by Crippen LogP contribution is -2.52. The molecule has 2 aliphatic heterocycles. The first kappa shape index (κ1) is 50.8. The van der Waals surface area contributed by atoms with E-state index in [1.54, 1.807) is 62.4 Å². The van der Waals surface area contributed by atoms with E-state index >= 15 is 0 Å². The molecular weight excluding hydrogens is 911 g/mol. The van der Waals surface area contributed by atoms with Crippen molar-refractivity contribution < 1.29 is 35.2 Å². The van der Waals surface area contributed by atoms with Gasteiger partial charge >= 0.3 is 0 Å². The molecule has 0 amide bonds. The molecular formula is C44H61Cl3N2O8S2Si2. The van der Waals surface area contributed by atoms with Crippen molar-refractivity contribution in [3.8, 4) is 11.5 Å². The summed E-state index contributed by atoms with van der Waals surface area (Å²) in [6, 6.07) is 24.9. The van der Waals surface area contributed by atoms with Crippen LogP contribution >= 0.6 is 33.9 Å². The molecule has 0 fully saturated rings. The van der Waals surface area contributed by atoms with Gasteiger partial charge in [-0.05, 0) is 97.6 Å². The molecule has 0 aliphatic carbocycles. The van der Waals surface area contributed by atoms with E-state index in [9.17, 15) is 16.8 Å². The second kappa shape index (κ2) is 19.9. The van der Waals surface area contributed by atoms with Crippen molar-refractivity contribution in [1.82, 2.24) is 0 Å². The lowest BCUT2D eigenvalue weighted by molar-refractivity contribution is 0.199. The summed E-state index contributed by atoms with van der Waals surface area (Å²) >= 11 is 12.0. The van der Waals surface area contributed by atoms with Crippen molar-refractivity contribution in [3.63, 3.8) is 0 Å². The number of anilines is 2. The molecule has 6 rings (SSSR count). The third kappa shape index (κ3) is 12.7. The Balaban J connectivity index is 0.000000224. The molecule has 0 saturated carbocycles. The van der Waals surface area contributed by atoms with E-state index in [2.05, 4.69) is 73.0 Å². The zero-order chi connectivity index (χ0) is 45.8. The third-order valence-electron chi connectivity index (χ3n) is 11.5.